The smallest absolute Gasteiger partial charge is 0.341 e. The highest BCUT2D eigenvalue weighted by atomic mass is 35.5. The van der Waals surface area contributed by atoms with Crippen LogP contribution in [0.25, 0.3) is 21.7 Å². The quantitative estimate of drug-likeness (QED) is 0.156. The Morgan fingerprint density at radius 3 is 1.98 bits per heavy atom. The molecule has 1 saturated heterocycles. The number of carboxylic acids is 2. The van der Waals surface area contributed by atoms with Gasteiger partial charge in [-0.25, -0.2) is 9.18 Å². The minimum absolute atomic E-state index is 0.00143. The molecule has 0 amide bonds. The molecule has 2 unspecified atom stereocenters. The largest absolute Gasteiger partial charge is 0.481 e. The Morgan fingerprint density at radius 1 is 0.940 bits per heavy atom. The first-order valence-electron chi connectivity index (χ1n) is 16.9. The molecule has 0 spiro atoms. The van der Waals surface area contributed by atoms with Gasteiger partial charge in [-0.2, -0.15) is 0 Å². The van der Waals surface area contributed by atoms with Gasteiger partial charge in [0.05, 0.1) is 27.5 Å². The number of aromatic nitrogens is 1. The lowest BCUT2D eigenvalue weighted by molar-refractivity contribution is -0.138. The van der Waals surface area contributed by atoms with Gasteiger partial charge in [-0.1, -0.05) is 98.2 Å². The Kier molecular flexibility index (Phi) is 11.6. The first-order chi connectivity index (χ1) is 23.8. The van der Waals surface area contributed by atoms with E-state index in [-0.39, 0.29) is 33.7 Å². The average Bonchev–Trinajstić information content (AvgIpc) is 3.85. The zero-order valence-electron chi connectivity index (χ0n) is 28.5. The molecule has 262 valence electrons. The molecule has 1 aliphatic heterocycles. The topological polar surface area (TPSA) is 126 Å². The number of hydrogen-bond donors (Lipinski definition) is 3. The molecular weight excluding hydrogens is 657 g/mol. The summed E-state index contributed by atoms with van der Waals surface area (Å²) >= 11 is 6.53. The van der Waals surface area contributed by atoms with Crippen LogP contribution in [-0.4, -0.2) is 45.9 Å². The third kappa shape index (κ3) is 8.52. The third-order valence-corrected chi connectivity index (χ3v) is 9.41. The van der Waals surface area contributed by atoms with Gasteiger partial charge in [0.15, 0.2) is 0 Å². The van der Waals surface area contributed by atoms with Crippen LogP contribution in [0.4, 0.5) is 10.1 Å². The highest BCUT2D eigenvalue weighted by molar-refractivity contribution is 6.38. The van der Waals surface area contributed by atoms with Crippen LogP contribution in [0.15, 0.2) is 89.9 Å². The maximum Gasteiger partial charge on any atom is 0.341 e. The number of nitrogens with zero attached hydrogens (tertiary/aromatic N) is 2. The lowest BCUT2D eigenvalue weighted by Gasteiger charge is -2.23. The zero-order chi connectivity index (χ0) is 36.1. The number of aliphatic carboxylic acids is 1. The molecule has 1 aliphatic carbocycles. The SMILES string of the molecule is CC(C)Cc1ccc(C(C)C(=O)O)cc1.NC1CCN(c2c(F)cc3c(=O)c(C(=O)O)cn(C4CC4)c3c2Cl)C1.c1ccc2ccccc2c1. The highest BCUT2D eigenvalue weighted by Gasteiger charge is 2.31. The number of fused-ring (bicyclic) bond motifs is 2. The van der Waals surface area contributed by atoms with Gasteiger partial charge in [0.25, 0.3) is 0 Å². The van der Waals surface area contributed by atoms with Gasteiger partial charge in [-0.05, 0) is 66.5 Å². The van der Waals surface area contributed by atoms with Gasteiger partial charge >= 0.3 is 11.9 Å². The number of nitrogens with two attached hydrogens (primary N) is 1. The van der Waals surface area contributed by atoms with Crippen molar-refractivity contribution in [1.29, 1.82) is 0 Å². The lowest BCUT2D eigenvalue weighted by atomic mass is 9.97. The molecule has 0 radical (unpaired) electrons. The molecule has 0 bridgehead atoms. The van der Waals surface area contributed by atoms with Crippen molar-refractivity contribution in [2.24, 2.45) is 11.7 Å². The van der Waals surface area contributed by atoms with Crippen LogP contribution in [0, 0.1) is 11.7 Å². The van der Waals surface area contributed by atoms with Crippen LogP contribution in [0.1, 0.15) is 73.5 Å². The van der Waals surface area contributed by atoms with E-state index in [1.165, 1.54) is 22.5 Å². The van der Waals surface area contributed by atoms with E-state index in [0.717, 1.165) is 37.3 Å². The van der Waals surface area contributed by atoms with Crippen LogP contribution in [0.2, 0.25) is 5.02 Å². The maximum atomic E-state index is 14.8. The molecule has 2 fully saturated rings. The second-order valence-corrected chi connectivity index (χ2v) is 13.9. The van der Waals surface area contributed by atoms with E-state index in [4.69, 9.17) is 22.4 Å². The molecule has 4 aromatic carbocycles. The molecule has 1 aromatic heterocycles. The summed E-state index contributed by atoms with van der Waals surface area (Å²) in [5, 5.41) is 20.9. The normalized spacial score (nSPS) is 16.1. The molecule has 1 saturated carbocycles. The molecule has 2 aliphatic rings. The summed E-state index contributed by atoms with van der Waals surface area (Å²) in [6, 6.07) is 25.7. The number of hydrogen-bond acceptors (Lipinski definition) is 5. The summed E-state index contributed by atoms with van der Waals surface area (Å²) in [5.74, 6) is -2.52. The van der Waals surface area contributed by atoms with Crippen molar-refractivity contribution in [2.45, 2.75) is 64.5 Å². The van der Waals surface area contributed by atoms with Gasteiger partial charge < -0.3 is 25.4 Å². The average molecular weight is 700 g/mol. The Morgan fingerprint density at radius 2 is 1.52 bits per heavy atom. The number of carboxylic acid groups (broad SMARTS) is 2. The lowest BCUT2D eigenvalue weighted by Crippen LogP contribution is -2.27. The standard InChI is InChI=1S/C17H17ClFN3O3.C13H18O2.C10H8/c18-13-14-10(5-12(19)15(13)21-4-3-8(20)6-21)16(23)11(17(24)25)7-22(14)9-1-2-9;1-9(2)8-11-4-6-12(7-5-11)10(3)13(14)15;1-2-6-10-8-4-3-7-9(10)5-1/h5,7-9H,1-4,6,20H2,(H,24,25);4-7,9-10H,8H2,1-3H3,(H,14,15);1-8H. The molecule has 2 atom stereocenters. The van der Waals surface area contributed by atoms with Gasteiger partial charge in [-0.15, -0.1) is 0 Å². The van der Waals surface area contributed by atoms with E-state index in [1.54, 1.807) is 16.4 Å². The van der Waals surface area contributed by atoms with E-state index in [2.05, 4.69) is 62.4 Å². The second-order valence-electron chi connectivity index (χ2n) is 13.5. The van der Waals surface area contributed by atoms with Gasteiger partial charge in [-0.3, -0.25) is 9.59 Å². The van der Waals surface area contributed by atoms with Crippen LogP contribution in [0.3, 0.4) is 0 Å². The van der Waals surface area contributed by atoms with E-state index < -0.39 is 29.1 Å². The number of halogens is 2. The number of benzene rings is 4. The molecule has 4 N–H and O–H groups in total. The van der Waals surface area contributed by atoms with Gasteiger partial charge in [0.2, 0.25) is 5.43 Å². The summed E-state index contributed by atoms with van der Waals surface area (Å²) in [7, 11) is 0. The summed E-state index contributed by atoms with van der Waals surface area (Å²) in [5.41, 5.74) is 7.60. The van der Waals surface area contributed by atoms with Crippen molar-refractivity contribution in [1.82, 2.24) is 4.57 Å². The minimum atomic E-state index is -1.33. The summed E-state index contributed by atoms with van der Waals surface area (Å²) in [6.45, 7) is 7.13. The fraction of sp³-hybridized carbons (Fsp3) is 0.325. The molecule has 8 nitrogen and oxygen atoms in total. The highest BCUT2D eigenvalue weighted by Crippen LogP contribution is 2.42. The summed E-state index contributed by atoms with van der Waals surface area (Å²) in [6.07, 6.45) is 4.85. The summed E-state index contributed by atoms with van der Waals surface area (Å²) in [4.78, 5) is 36.4. The van der Waals surface area contributed by atoms with E-state index in [1.807, 2.05) is 24.3 Å². The number of rotatable bonds is 7. The van der Waals surface area contributed by atoms with Crippen molar-refractivity contribution < 1.29 is 24.2 Å². The second kappa shape index (κ2) is 15.9. The number of anilines is 1. The van der Waals surface area contributed by atoms with Crippen molar-refractivity contribution >= 4 is 50.9 Å². The first-order valence-corrected chi connectivity index (χ1v) is 17.3. The van der Waals surface area contributed by atoms with E-state index >= 15 is 0 Å². The maximum absolute atomic E-state index is 14.8. The number of aromatic carboxylic acids is 1. The molecule has 10 heteroatoms. The van der Waals surface area contributed by atoms with E-state index in [9.17, 15) is 23.9 Å². The van der Waals surface area contributed by atoms with Gasteiger partial charge in [0.1, 0.15) is 11.4 Å². The first kappa shape index (κ1) is 36.5. The van der Waals surface area contributed by atoms with Crippen molar-refractivity contribution in [3.8, 4) is 0 Å². The molecule has 5 aromatic rings. The van der Waals surface area contributed by atoms with E-state index in [0.29, 0.717) is 24.5 Å². The predicted octanol–water partition coefficient (Wildman–Crippen LogP) is 8.28. The molecular formula is C40H43ClFN3O5. The fourth-order valence-corrected chi connectivity index (χ4v) is 6.60. The van der Waals surface area contributed by atoms with Crippen molar-refractivity contribution in [3.63, 3.8) is 0 Å². The fourth-order valence-electron chi connectivity index (χ4n) is 6.19. The molecule has 50 heavy (non-hydrogen) atoms. The monoisotopic (exact) mass is 699 g/mol. The van der Waals surface area contributed by atoms with Crippen molar-refractivity contribution in [3.05, 3.63) is 123 Å². The number of pyridine rings is 1. The van der Waals surface area contributed by atoms with Crippen LogP contribution < -0.4 is 16.1 Å². The predicted molar refractivity (Wildman–Crippen MR) is 198 cm³/mol. The Bertz CT molecular complexity index is 1990. The Labute approximate surface area is 295 Å². The minimum Gasteiger partial charge on any atom is -0.481 e. The Balaban J connectivity index is 0.000000164. The van der Waals surface area contributed by atoms with Crippen molar-refractivity contribution in [2.75, 3.05) is 18.0 Å². The number of carbonyl (C=O) groups is 2. The summed E-state index contributed by atoms with van der Waals surface area (Å²) < 4.78 is 16.5. The van der Waals surface area contributed by atoms with Crippen LogP contribution >= 0.6 is 11.6 Å². The van der Waals surface area contributed by atoms with Crippen LogP contribution in [-0.2, 0) is 11.2 Å². The zero-order valence-corrected chi connectivity index (χ0v) is 29.2. The molecule has 7 rings (SSSR count). The molecule has 2 heterocycles. The third-order valence-electron chi connectivity index (χ3n) is 9.05. The van der Waals surface area contributed by atoms with Crippen LogP contribution in [0.5, 0.6) is 0 Å². The van der Waals surface area contributed by atoms with Gasteiger partial charge in [0, 0.05) is 31.4 Å². The Hall–Kier alpha value is -4.73.